The number of rotatable bonds is 2. The van der Waals surface area contributed by atoms with Gasteiger partial charge in [-0.1, -0.05) is 11.6 Å². The van der Waals surface area contributed by atoms with Crippen molar-refractivity contribution < 1.29 is 22.0 Å². The monoisotopic (exact) mass is 236 g/mol. The fourth-order valence-corrected chi connectivity index (χ4v) is 1.14. The molecule has 0 amide bonds. The quantitative estimate of drug-likeness (QED) is 0.316. The molecule has 16 heavy (non-hydrogen) atoms. The molecule has 0 aliphatic heterocycles. The molecule has 1 rings (SSSR count). The highest BCUT2D eigenvalue weighted by Gasteiger charge is 2.24. The van der Waals surface area contributed by atoms with Crippen LogP contribution < -0.4 is 0 Å². The van der Waals surface area contributed by atoms with Crippen LogP contribution in [-0.2, 0) is 6.42 Å². The molecule has 1 aromatic rings. The Balaban J connectivity index is 3.34. The van der Waals surface area contributed by atoms with E-state index in [-0.39, 0.29) is 6.42 Å². The summed E-state index contributed by atoms with van der Waals surface area (Å²) in [6.45, 7) is 3.32. The van der Waals surface area contributed by atoms with Crippen LogP contribution in [0.5, 0.6) is 0 Å². The minimum absolute atomic E-state index is 0.325. The fraction of sp³-hybridized carbons (Fsp3) is 0.273. The van der Waals surface area contributed by atoms with Gasteiger partial charge in [-0.3, -0.25) is 0 Å². The summed E-state index contributed by atoms with van der Waals surface area (Å²) in [5.74, 6) is -9.48. The van der Waals surface area contributed by atoms with Gasteiger partial charge in [0, 0.05) is 5.56 Å². The molecule has 0 fully saturated rings. The van der Waals surface area contributed by atoms with Crippen molar-refractivity contribution in [1.29, 1.82) is 0 Å². The van der Waals surface area contributed by atoms with Gasteiger partial charge in [0.1, 0.15) is 0 Å². The molecule has 0 bridgehead atoms. The molecule has 1 aromatic carbocycles. The highest BCUT2D eigenvalue weighted by atomic mass is 19.2. The van der Waals surface area contributed by atoms with Crippen LogP contribution in [0, 0.1) is 29.1 Å². The lowest BCUT2D eigenvalue weighted by Gasteiger charge is -2.06. The van der Waals surface area contributed by atoms with Crippen LogP contribution in [0.1, 0.15) is 19.4 Å². The second-order valence-electron chi connectivity index (χ2n) is 3.53. The van der Waals surface area contributed by atoms with E-state index >= 15 is 0 Å². The van der Waals surface area contributed by atoms with Crippen molar-refractivity contribution in [2.24, 2.45) is 0 Å². The van der Waals surface area contributed by atoms with Crippen LogP contribution in [0.2, 0.25) is 0 Å². The van der Waals surface area contributed by atoms with Gasteiger partial charge in [0.15, 0.2) is 23.3 Å². The molecule has 0 nitrogen and oxygen atoms in total. The zero-order valence-electron chi connectivity index (χ0n) is 8.67. The first kappa shape index (κ1) is 12.7. The van der Waals surface area contributed by atoms with Gasteiger partial charge in [-0.25, -0.2) is 22.0 Å². The summed E-state index contributed by atoms with van der Waals surface area (Å²) >= 11 is 0. The maximum absolute atomic E-state index is 13.1. The summed E-state index contributed by atoms with van der Waals surface area (Å²) in [6.07, 6.45) is 1.06. The van der Waals surface area contributed by atoms with Crippen LogP contribution in [-0.4, -0.2) is 0 Å². The minimum Gasteiger partial charge on any atom is -0.203 e. The fourth-order valence-electron chi connectivity index (χ4n) is 1.14. The topological polar surface area (TPSA) is 0 Å². The maximum Gasteiger partial charge on any atom is 0.200 e. The first-order valence-corrected chi connectivity index (χ1v) is 4.50. The van der Waals surface area contributed by atoms with Gasteiger partial charge in [0.05, 0.1) is 0 Å². The second kappa shape index (κ2) is 4.63. The Morgan fingerprint density at radius 2 is 1.19 bits per heavy atom. The molecule has 0 atom stereocenters. The molecule has 0 unspecified atom stereocenters. The van der Waals surface area contributed by atoms with E-state index in [1.165, 1.54) is 6.08 Å². The SMILES string of the molecule is CC(C)=CCc1c(F)c(F)c(F)c(F)c1F. The van der Waals surface area contributed by atoms with E-state index in [9.17, 15) is 22.0 Å². The van der Waals surface area contributed by atoms with E-state index < -0.39 is 34.6 Å². The summed E-state index contributed by atoms with van der Waals surface area (Å²) in [7, 11) is 0. The number of halogens is 5. The van der Waals surface area contributed by atoms with Crippen molar-refractivity contribution in [2.75, 3.05) is 0 Å². The molecule has 88 valence electrons. The van der Waals surface area contributed by atoms with E-state index in [1.807, 2.05) is 0 Å². The average Bonchev–Trinajstić information content (AvgIpc) is 2.23. The van der Waals surface area contributed by atoms with Gasteiger partial charge >= 0.3 is 0 Å². The average molecular weight is 236 g/mol. The van der Waals surface area contributed by atoms with Gasteiger partial charge in [0.2, 0.25) is 5.82 Å². The van der Waals surface area contributed by atoms with Crippen molar-refractivity contribution >= 4 is 0 Å². The van der Waals surface area contributed by atoms with Crippen molar-refractivity contribution in [3.05, 3.63) is 46.3 Å². The van der Waals surface area contributed by atoms with E-state index in [1.54, 1.807) is 13.8 Å². The Hall–Kier alpha value is -1.39. The Morgan fingerprint density at radius 1 is 0.812 bits per heavy atom. The maximum atomic E-state index is 13.1. The molecule has 0 aromatic heterocycles. The zero-order chi connectivity index (χ0) is 12.5. The zero-order valence-corrected chi connectivity index (χ0v) is 8.67. The molecule has 0 heterocycles. The summed E-state index contributed by atoms with van der Waals surface area (Å²) < 4.78 is 64.3. The molecule has 0 N–H and O–H groups in total. The Bertz CT molecular complexity index is 415. The standard InChI is InChI=1S/C11H9F5/c1-5(2)3-4-6-7(12)9(14)11(16)10(15)8(6)13/h3H,4H2,1-2H3. The van der Waals surface area contributed by atoms with Gasteiger partial charge in [0.25, 0.3) is 0 Å². The van der Waals surface area contributed by atoms with Gasteiger partial charge in [-0.2, -0.15) is 0 Å². The largest absolute Gasteiger partial charge is 0.203 e. The van der Waals surface area contributed by atoms with Gasteiger partial charge < -0.3 is 0 Å². The molecule has 0 aliphatic rings. The van der Waals surface area contributed by atoms with Crippen molar-refractivity contribution in [2.45, 2.75) is 20.3 Å². The molecule has 0 spiro atoms. The van der Waals surface area contributed by atoms with Crippen molar-refractivity contribution in [1.82, 2.24) is 0 Å². The number of benzene rings is 1. The molecule has 0 saturated heterocycles. The molecule has 0 saturated carbocycles. The second-order valence-corrected chi connectivity index (χ2v) is 3.53. The number of allylic oxidation sites excluding steroid dienone is 2. The first-order valence-electron chi connectivity index (χ1n) is 4.50. The number of hydrogen-bond donors (Lipinski definition) is 0. The Kier molecular flexibility index (Phi) is 3.67. The van der Waals surface area contributed by atoms with E-state index in [0.717, 1.165) is 5.57 Å². The summed E-state index contributed by atoms with van der Waals surface area (Å²) in [5.41, 5.74) is -0.0819. The summed E-state index contributed by atoms with van der Waals surface area (Å²) in [4.78, 5) is 0. The Morgan fingerprint density at radius 3 is 1.56 bits per heavy atom. The highest BCUT2D eigenvalue weighted by Crippen LogP contribution is 2.23. The lowest BCUT2D eigenvalue weighted by molar-refractivity contribution is 0.371. The number of hydrogen-bond acceptors (Lipinski definition) is 0. The van der Waals surface area contributed by atoms with E-state index in [2.05, 4.69) is 0 Å². The summed E-state index contributed by atoms with van der Waals surface area (Å²) in [6, 6.07) is 0. The molecular weight excluding hydrogens is 227 g/mol. The normalized spacial score (nSPS) is 10.4. The third-order valence-corrected chi connectivity index (χ3v) is 2.02. The van der Waals surface area contributed by atoms with Gasteiger partial charge in [-0.05, 0) is 20.3 Å². The van der Waals surface area contributed by atoms with Crippen LogP contribution in [0.4, 0.5) is 22.0 Å². The smallest absolute Gasteiger partial charge is 0.200 e. The molecule has 0 radical (unpaired) electrons. The third kappa shape index (κ3) is 2.23. The van der Waals surface area contributed by atoms with Crippen LogP contribution >= 0.6 is 0 Å². The highest BCUT2D eigenvalue weighted by molar-refractivity contribution is 5.26. The van der Waals surface area contributed by atoms with Crippen LogP contribution in [0.15, 0.2) is 11.6 Å². The molecular formula is C11H9F5. The lowest BCUT2D eigenvalue weighted by Crippen LogP contribution is -2.06. The van der Waals surface area contributed by atoms with Gasteiger partial charge in [-0.15, -0.1) is 0 Å². The minimum atomic E-state index is -2.13. The predicted octanol–water partition coefficient (Wildman–Crippen LogP) is 3.89. The third-order valence-electron chi connectivity index (χ3n) is 2.02. The van der Waals surface area contributed by atoms with Crippen LogP contribution in [0.25, 0.3) is 0 Å². The molecule has 5 heteroatoms. The predicted molar refractivity (Wildman–Crippen MR) is 49.4 cm³/mol. The van der Waals surface area contributed by atoms with E-state index in [4.69, 9.17) is 0 Å². The van der Waals surface area contributed by atoms with E-state index in [0.29, 0.717) is 0 Å². The lowest BCUT2D eigenvalue weighted by atomic mass is 10.1. The molecule has 0 aliphatic carbocycles. The van der Waals surface area contributed by atoms with Crippen molar-refractivity contribution in [3.63, 3.8) is 0 Å². The first-order chi connectivity index (χ1) is 7.36. The Labute approximate surface area is 89.4 Å². The van der Waals surface area contributed by atoms with Crippen LogP contribution in [0.3, 0.4) is 0 Å². The van der Waals surface area contributed by atoms with Crippen molar-refractivity contribution in [3.8, 4) is 0 Å². The summed E-state index contributed by atoms with van der Waals surface area (Å²) in [5, 5.41) is 0.